The van der Waals surface area contributed by atoms with E-state index in [0.29, 0.717) is 5.41 Å². The van der Waals surface area contributed by atoms with Crippen molar-refractivity contribution in [2.24, 2.45) is 5.41 Å². The van der Waals surface area contributed by atoms with Crippen molar-refractivity contribution in [2.45, 2.75) is 46.7 Å². The van der Waals surface area contributed by atoms with Crippen LogP contribution in [-0.2, 0) is 13.1 Å². The van der Waals surface area contributed by atoms with Crippen LogP contribution >= 0.6 is 11.6 Å². The molecule has 4 heteroatoms. The summed E-state index contributed by atoms with van der Waals surface area (Å²) in [5.74, 6) is 0. The lowest BCUT2D eigenvalue weighted by molar-refractivity contribution is 0.485. The largest absolute Gasteiger partial charge is 0.311 e. The van der Waals surface area contributed by atoms with Crippen molar-refractivity contribution in [3.63, 3.8) is 0 Å². The standard InChI is InChI=1S/C12H20ClN3/c1-4-16-10(11(13)9(2)15-16)7-14-8-12(3)5-6-12/h14H,4-8H2,1-3H3. The van der Waals surface area contributed by atoms with Crippen LogP contribution in [-0.4, -0.2) is 16.3 Å². The fourth-order valence-electron chi connectivity index (χ4n) is 1.91. The van der Waals surface area contributed by atoms with Crippen molar-refractivity contribution in [3.8, 4) is 0 Å². The molecule has 1 aromatic rings. The van der Waals surface area contributed by atoms with Crippen LogP contribution in [0.15, 0.2) is 0 Å². The van der Waals surface area contributed by atoms with Gasteiger partial charge >= 0.3 is 0 Å². The summed E-state index contributed by atoms with van der Waals surface area (Å²) < 4.78 is 1.99. The second kappa shape index (κ2) is 4.38. The summed E-state index contributed by atoms with van der Waals surface area (Å²) in [6.45, 7) is 9.15. The summed E-state index contributed by atoms with van der Waals surface area (Å²) in [5.41, 5.74) is 2.59. The minimum atomic E-state index is 0.540. The fourth-order valence-corrected chi connectivity index (χ4v) is 2.11. The van der Waals surface area contributed by atoms with E-state index < -0.39 is 0 Å². The Kier molecular flexibility index (Phi) is 3.27. The molecule has 0 unspecified atom stereocenters. The van der Waals surface area contributed by atoms with Crippen LogP contribution in [0.1, 0.15) is 38.1 Å². The number of aromatic nitrogens is 2. The molecule has 2 rings (SSSR count). The molecule has 0 atom stereocenters. The molecule has 1 aliphatic carbocycles. The second-order valence-corrected chi connectivity index (χ2v) is 5.45. The Morgan fingerprint density at radius 1 is 1.50 bits per heavy atom. The molecule has 0 aliphatic heterocycles. The quantitative estimate of drug-likeness (QED) is 0.859. The van der Waals surface area contributed by atoms with Crippen LogP contribution in [0.5, 0.6) is 0 Å². The molecule has 1 heterocycles. The van der Waals surface area contributed by atoms with Crippen LogP contribution in [0.4, 0.5) is 0 Å². The molecule has 1 fully saturated rings. The smallest absolute Gasteiger partial charge is 0.0860 e. The predicted octanol–water partition coefficient (Wildman–Crippen LogP) is 2.75. The highest BCUT2D eigenvalue weighted by Crippen LogP contribution is 2.44. The number of nitrogens with one attached hydrogen (secondary N) is 1. The average molecular weight is 242 g/mol. The summed E-state index contributed by atoms with van der Waals surface area (Å²) >= 11 is 6.23. The van der Waals surface area contributed by atoms with Crippen molar-refractivity contribution in [2.75, 3.05) is 6.54 Å². The third-order valence-electron chi connectivity index (χ3n) is 3.40. The molecule has 0 saturated heterocycles. The molecular formula is C12H20ClN3. The molecule has 3 nitrogen and oxygen atoms in total. The lowest BCUT2D eigenvalue weighted by Crippen LogP contribution is -2.23. The van der Waals surface area contributed by atoms with Crippen molar-refractivity contribution in [1.29, 1.82) is 0 Å². The lowest BCUT2D eigenvalue weighted by Gasteiger charge is -2.11. The normalized spacial score (nSPS) is 17.8. The molecule has 90 valence electrons. The van der Waals surface area contributed by atoms with E-state index in [1.807, 2.05) is 11.6 Å². The zero-order chi connectivity index (χ0) is 11.8. The van der Waals surface area contributed by atoms with Crippen molar-refractivity contribution in [1.82, 2.24) is 15.1 Å². The topological polar surface area (TPSA) is 29.9 Å². The van der Waals surface area contributed by atoms with Gasteiger partial charge in [-0.15, -0.1) is 0 Å². The zero-order valence-electron chi connectivity index (χ0n) is 10.3. The molecule has 0 radical (unpaired) electrons. The van der Waals surface area contributed by atoms with Gasteiger partial charge in [0.2, 0.25) is 0 Å². The molecule has 1 aliphatic rings. The van der Waals surface area contributed by atoms with Crippen LogP contribution in [0.25, 0.3) is 0 Å². The van der Waals surface area contributed by atoms with Gasteiger partial charge in [-0.3, -0.25) is 4.68 Å². The minimum absolute atomic E-state index is 0.540. The highest BCUT2D eigenvalue weighted by molar-refractivity contribution is 6.31. The van der Waals surface area contributed by atoms with Gasteiger partial charge in [-0.2, -0.15) is 5.10 Å². The first kappa shape index (κ1) is 11.9. The van der Waals surface area contributed by atoms with Gasteiger partial charge in [-0.05, 0) is 32.1 Å². The van der Waals surface area contributed by atoms with E-state index in [4.69, 9.17) is 11.6 Å². The SMILES string of the molecule is CCn1nc(C)c(Cl)c1CNCC1(C)CC1. The Bertz CT molecular complexity index is 380. The van der Waals surface area contributed by atoms with E-state index in [1.165, 1.54) is 12.8 Å². The van der Waals surface area contributed by atoms with Gasteiger partial charge in [-0.25, -0.2) is 0 Å². The van der Waals surface area contributed by atoms with Crippen molar-refractivity contribution >= 4 is 11.6 Å². The Labute approximate surface area is 102 Å². The summed E-state index contributed by atoms with van der Waals surface area (Å²) in [5, 5.41) is 8.71. The number of hydrogen-bond donors (Lipinski definition) is 1. The maximum atomic E-state index is 6.23. The molecule has 16 heavy (non-hydrogen) atoms. The minimum Gasteiger partial charge on any atom is -0.311 e. The summed E-state index contributed by atoms with van der Waals surface area (Å²) in [6.07, 6.45) is 2.69. The van der Waals surface area contributed by atoms with E-state index in [2.05, 4.69) is 24.3 Å². The number of rotatable bonds is 5. The van der Waals surface area contributed by atoms with E-state index in [-0.39, 0.29) is 0 Å². The molecule has 1 saturated carbocycles. The first-order valence-corrected chi connectivity index (χ1v) is 6.36. The third-order valence-corrected chi connectivity index (χ3v) is 3.89. The number of halogens is 1. The highest BCUT2D eigenvalue weighted by atomic mass is 35.5. The van der Waals surface area contributed by atoms with E-state index in [9.17, 15) is 0 Å². The average Bonchev–Trinajstić information content (AvgIpc) is 2.92. The van der Waals surface area contributed by atoms with Gasteiger partial charge in [0.1, 0.15) is 0 Å². The van der Waals surface area contributed by atoms with Gasteiger partial charge in [0, 0.05) is 19.6 Å². The van der Waals surface area contributed by atoms with E-state index in [1.54, 1.807) is 0 Å². The molecule has 0 amide bonds. The monoisotopic (exact) mass is 241 g/mol. The Hall–Kier alpha value is -0.540. The van der Waals surface area contributed by atoms with Crippen molar-refractivity contribution < 1.29 is 0 Å². The predicted molar refractivity (Wildman–Crippen MR) is 66.7 cm³/mol. The third kappa shape index (κ3) is 2.41. The Morgan fingerprint density at radius 2 is 2.19 bits per heavy atom. The Balaban J connectivity index is 1.97. The van der Waals surface area contributed by atoms with Gasteiger partial charge in [0.15, 0.2) is 0 Å². The fraction of sp³-hybridized carbons (Fsp3) is 0.750. The van der Waals surface area contributed by atoms with E-state index >= 15 is 0 Å². The first-order valence-electron chi connectivity index (χ1n) is 5.98. The first-order chi connectivity index (χ1) is 7.56. The maximum Gasteiger partial charge on any atom is 0.0860 e. The number of nitrogens with zero attached hydrogens (tertiary/aromatic N) is 2. The maximum absolute atomic E-state index is 6.23. The molecule has 1 aromatic heterocycles. The van der Waals surface area contributed by atoms with Gasteiger partial charge in [-0.1, -0.05) is 18.5 Å². The molecule has 0 aromatic carbocycles. The van der Waals surface area contributed by atoms with Gasteiger partial charge in [0.25, 0.3) is 0 Å². The number of aryl methyl sites for hydroxylation is 2. The summed E-state index contributed by atoms with van der Waals surface area (Å²) in [4.78, 5) is 0. The molecular weight excluding hydrogens is 222 g/mol. The van der Waals surface area contributed by atoms with Gasteiger partial charge in [0.05, 0.1) is 16.4 Å². The highest BCUT2D eigenvalue weighted by Gasteiger charge is 2.36. The molecule has 0 bridgehead atoms. The van der Waals surface area contributed by atoms with Crippen LogP contribution in [0, 0.1) is 12.3 Å². The Morgan fingerprint density at radius 3 is 2.75 bits per heavy atom. The van der Waals surface area contributed by atoms with Crippen LogP contribution < -0.4 is 5.32 Å². The zero-order valence-corrected chi connectivity index (χ0v) is 11.1. The van der Waals surface area contributed by atoms with Crippen LogP contribution in [0.3, 0.4) is 0 Å². The summed E-state index contributed by atoms with van der Waals surface area (Å²) in [6, 6.07) is 0. The van der Waals surface area contributed by atoms with E-state index in [0.717, 1.165) is 36.0 Å². The van der Waals surface area contributed by atoms with Gasteiger partial charge < -0.3 is 5.32 Å². The second-order valence-electron chi connectivity index (χ2n) is 5.08. The molecule has 0 spiro atoms. The summed E-state index contributed by atoms with van der Waals surface area (Å²) in [7, 11) is 0. The number of hydrogen-bond acceptors (Lipinski definition) is 2. The molecule has 1 N–H and O–H groups in total. The van der Waals surface area contributed by atoms with Crippen molar-refractivity contribution in [3.05, 3.63) is 16.4 Å². The van der Waals surface area contributed by atoms with Crippen LogP contribution in [0.2, 0.25) is 5.02 Å². The lowest BCUT2D eigenvalue weighted by atomic mass is 10.1.